The van der Waals surface area contributed by atoms with Crippen LogP contribution in [0.3, 0.4) is 0 Å². The third-order valence-corrected chi connectivity index (χ3v) is 4.33. The van der Waals surface area contributed by atoms with E-state index < -0.39 is 0 Å². The molecule has 4 rings (SSSR count). The lowest BCUT2D eigenvalue weighted by molar-refractivity contribution is 0.102. The number of halogens is 1. The molecular formula is C22H18ClN3O2. The third-order valence-electron chi connectivity index (χ3n) is 4.33. The number of nitrogens with one attached hydrogen (secondary N) is 1. The predicted molar refractivity (Wildman–Crippen MR) is 115 cm³/mol. The van der Waals surface area contributed by atoms with Gasteiger partial charge in [-0.15, -0.1) is 12.4 Å². The average molecular weight is 392 g/mol. The highest BCUT2D eigenvalue weighted by atomic mass is 35.5. The fraction of sp³-hybridized carbons (Fsp3) is 0. The van der Waals surface area contributed by atoms with Gasteiger partial charge in [0, 0.05) is 16.8 Å². The lowest BCUT2D eigenvalue weighted by Crippen LogP contribution is -2.12. The number of fused-ring (bicyclic) bond motifs is 1. The molecule has 1 amide bonds. The molecule has 3 N–H and O–H groups in total. The molecule has 0 spiro atoms. The molecule has 1 aromatic heterocycles. The van der Waals surface area contributed by atoms with Crippen molar-refractivity contribution in [1.82, 2.24) is 0 Å². The summed E-state index contributed by atoms with van der Waals surface area (Å²) >= 11 is 0. The Morgan fingerprint density at radius 3 is 2.57 bits per heavy atom. The number of para-hydroxylation sites is 1. The molecule has 0 saturated heterocycles. The summed E-state index contributed by atoms with van der Waals surface area (Å²) in [6.07, 6.45) is 4.87. The van der Waals surface area contributed by atoms with Crippen molar-refractivity contribution in [2.75, 3.05) is 5.32 Å². The molecule has 0 radical (unpaired) electrons. The zero-order valence-electron chi connectivity index (χ0n) is 14.8. The van der Waals surface area contributed by atoms with Crippen LogP contribution in [0.1, 0.15) is 15.9 Å². The Morgan fingerprint density at radius 2 is 1.86 bits per heavy atom. The van der Waals surface area contributed by atoms with E-state index in [1.807, 2.05) is 66.7 Å². The van der Waals surface area contributed by atoms with Crippen molar-refractivity contribution in [3.05, 3.63) is 90.4 Å². The summed E-state index contributed by atoms with van der Waals surface area (Å²) in [6, 6.07) is 20.9. The number of carbonyl (C=O) groups excluding carboxylic acids is 1. The largest absolute Gasteiger partial charge is 0.472 e. The van der Waals surface area contributed by atoms with Crippen LogP contribution >= 0.6 is 12.4 Å². The normalized spacial score (nSPS) is 10.7. The van der Waals surface area contributed by atoms with Gasteiger partial charge in [0.25, 0.3) is 5.91 Å². The number of hydrazone groups is 1. The van der Waals surface area contributed by atoms with Gasteiger partial charge in [-0.1, -0.05) is 30.3 Å². The molecule has 6 heteroatoms. The van der Waals surface area contributed by atoms with Crippen molar-refractivity contribution < 1.29 is 9.21 Å². The Balaban J connectivity index is 0.00000225. The van der Waals surface area contributed by atoms with Crippen molar-refractivity contribution >= 4 is 41.0 Å². The number of hydrogen-bond donors (Lipinski definition) is 2. The molecule has 0 aliphatic rings. The van der Waals surface area contributed by atoms with Crippen LogP contribution in [0.4, 0.5) is 5.69 Å². The fourth-order valence-electron chi connectivity index (χ4n) is 3.05. The Morgan fingerprint density at radius 1 is 1.04 bits per heavy atom. The van der Waals surface area contributed by atoms with Crippen molar-refractivity contribution in [3.8, 4) is 11.1 Å². The molecule has 5 nitrogen and oxygen atoms in total. The lowest BCUT2D eigenvalue weighted by atomic mass is 9.95. The van der Waals surface area contributed by atoms with E-state index in [0.717, 1.165) is 33.2 Å². The second-order valence-corrected chi connectivity index (χ2v) is 6.11. The van der Waals surface area contributed by atoms with Gasteiger partial charge in [-0.05, 0) is 58.3 Å². The summed E-state index contributed by atoms with van der Waals surface area (Å²) in [7, 11) is 0. The van der Waals surface area contributed by atoms with Gasteiger partial charge in [0.1, 0.15) is 0 Å². The highest BCUT2D eigenvalue weighted by Crippen LogP contribution is 2.31. The summed E-state index contributed by atoms with van der Waals surface area (Å²) in [5.74, 6) is 5.11. The number of nitrogens with zero attached hydrogens (tertiary/aromatic N) is 1. The molecule has 0 aliphatic carbocycles. The number of hydrogen-bond acceptors (Lipinski definition) is 4. The molecule has 0 saturated carbocycles. The van der Waals surface area contributed by atoms with Gasteiger partial charge in [-0.3, -0.25) is 4.79 Å². The molecule has 1 heterocycles. The zero-order chi connectivity index (χ0) is 18.6. The number of anilines is 1. The van der Waals surface area contributed by atoms with Crippen LogP contribution in [0.25, 0.3) is 21.9 Å². The van der Waals surface area contributed by atoms with Crippen molar-refractivity contribution in [2.45, 2.75) is 0 Å². The van der Waals surface area contributed by atoms with Crippen molar-refractivity contribution in [3.63, 3.8) is 0 Å². The van der Waals surface area contributed by atoms with Gasteiger partial charge in [-0.25, -0.2) is 0 Å². The lowest BCUT2D eigenvalue weighted by Gasteiger charge is -2.11. The van der Waals surface area contributed by atoms with Crippen LogP contribution in [-0.4, -0.2) is 12.1 Å². The minimum absolute atomic E-state index is 0. The number of benzene rings is 3. The molecule has 4 aromatic rings. The van der Waals surface area contributed by atoms with Crippen LogP contribution < -0.4 is 11.2 Å². The summed E-state index contributed by atoms with van der Waals surface area (Å²) in [6.45, 7) is 0. The number of nitrogens with two attached hydrogens (primary N) is 1. The molecule has 0 aliphatic heterocycles. The zero-order valence-corrected chi connectivity index (χ0v) is 15.6. The first-order chi connectivity index (χ1) is 13.2. The van der Waals surface area contributed by atoms with Gasteiger partial charge < -0.3 is 15.6 Å². The van der Waals surface area contributed by atoms with E-state index in [9.17, 15) is 4.79 Å². The Labute approximate surface area is 168 Å². The maximum atomic E-state index is 12.8. The van der Waals surface area contributed by atoms with Gasteiger partial charge >= 0.3 is 0 Å². The first-order valence-electron chi connectivity index (χ1n) is 8.44. The molecule has 0 fully saturated rings. The Hall–Kier alpha value is -3.57. The summed E-state index contributed by atoms with van der Waals surface area (Å²) in [5, 5.41) is 8.45. The maximum Gasteiger partial charge on any atom is 0.255 e. The molecule has 0 unspecified atom stereocenters. The second kappa shape index (κ2) is 8.41. The van der Waals surface area contributed by atoms with E-state index in [0.29, 0.717) is 5.56 Å². The SMILES string of the molecule is Cl.NN=Cc1ccc2cc(C(=O)Nc3ccccc3)cc(-c3ccoc3)c2c1. The topological polar surface area (TPSA) is 80.6 Å². The van der Waals surface area contributed by atoms with E-state index in [2.05, 4.69) is 10.4 Å². The molecule has 0 bridgehead atoms. The summed E-state index contributed by atoms with van der Waals surface area (Å²) in [4.78, 5) is 12.8. The minimum atomic E-state index is -0.166. The van der Waals surface area contributed by atoms with Gasteiger partial charge in [0.2, 0.25) is 0 Å². The van der Waals surface area contributed by atoms with E-state index in [4.69, 9.17) is 10.3 Å². The third kappa shape index (κ3) is 3.89. The molecule has 140 valence electrons. The van der Waals surface area contributed by atoms with Gasteiger partial charge in [0.05, 0.1) is 18.7 Å². The standard InChI is InChI=1S/C22H17N3O2.ClH/c23-24-13-15-6-7-16-11-18(22(26)25-19-4-2-1-3-5-19)12-21(20(16)10-15)17-8-9-27-14-17;/h1-14H,23H2,(H,25,26);1H. The monoisotopic (exact) mass is 391 g/mol. The van der Waals surface area contributed by atoms with E-state index >= 15 is 0 Å². The van der Waals surface area contributed by atoms with E-state index in [1.165, 1.54) is 0 Å². The van der Waals surface area contributed by atoms with Crippen LogP contribution in [0.2, 0.25) is 0 Å². The smallest absolute Gasteiger partial charge is 0.255 e. The van der Waals surface area contributed by atoms with Gasteiger partial charge in [-0.2, -0.15) is 5.10 Å². The minimum Gasteiger partial charge on any atom is -0.472 e. The highest BCUT2D eigenvalue weighted by molar-refractivity contribution is 6.10. The molecule has 28 heavy (non-hydrogen) atoms. The highest BCUT2D eigenvalue weighted by Gasteiger charge is 2.13. The molecular weight excluding hydrogens is 374 g/mol. The van der Waals surface area contributed by atoms with Crippen LogP contribution in [0.5, 0.6) is 0 Å². The van der Waals surface area contributed by atoms with E-state index in [-0.39, 0.29) is 18.3 Å². The summed E-state index contributed by atoms with van der Waals surface area (Å²) < 4.78 is 5.24. The van der Waals surface area contributed by atoms with Gasteiger partial charge in [0.15, 0.2) is 0 Å². The van der Waals surface area contributed by atoms with E-state index in [1.54, 1.807) is 18.7 Å². The van der Waals surface area contributed by atoms with Crippen molar-refractivity contribution in [2.24, 2.45) is 10.9 Å². The second-order valence-electron chi connectivity index (χ2n) is 6.11. The Kier molecular flexibility index (Phi) is 5.77. The number of amides is 1. The fourth-order valence-corrected chi connectivity index (χ4v) is 3.05. The van der Waals surface area contributed by atoms with Crippen molar-refractivity contribution in [1.29, 1.82) is 0 Å². The number of furan rings is 1. The first kappa shape index (κ1) is 19.2. The predicted octanol–water partition coefficient (Wildman–Crippen LogP) is 5.07. The molecule has 3 aromatic carbocycles. The van der Waals surface area contributed by atoms with Crippen LogP contribution in [0, 0.1) is 0 Å². The van der Waals surface area contributed by atoms with Crippen LogP contribution in [-0.2, 0) is 0 Å². The number of rotatable bonds is 4. The number of carbonyl (C=O) groups is 1. The molecule has 0 atom stereocenters. The summed E-state index contributed by atoms with van der Waals surface area (Å²) in [5.41, 5.74) is 4.02. The average Bonchev–Trinajstić information content (AvgIpc) is 3.23. The Bertz CT molecular complexity index is 1120. The quantitative estimate of drug-likeness (QED) is 0.289. The first-order valence-corrected chi connectivity index (χ1v) is 8.44. The van der Waals surface area contributed by atoms with Crippen LogP contribution in [0.15, 0.2) is 88.8 Å². The maximum absolute atomic E-state index is 12.8.